The van der Waals surface area contributed by atoms with Crippen LogP contribution in [0.1, 0.15) is 31.1 Å². The first-order valence-corrected chi connectivity index (χ1v) is 7.24. The third-order valence-electron chi connectivity index (χ3n) is 2.68. The van der Waals surface area contributed by atoms with Crippen molar-refractivity contribution in [2.45, 2.75) is 26.8 Å². The molecule has 0 fully saturated rings. The van der Waals surface area contributed by atoms with E-state index in [9.17, 15) is 9.59 Å². The Labute approximate surface area is 127 Å². The van der Waals surface area contributed by atoms with Crippen LogP contribution in [0.15, 0.2) is 22.7 Å². The van der Waals surface area contributed by atoms with E-state index in [2.05, 4.69) is 26.6 Å². The van der Waals surface area contributed by atoms with Crippen LogP contribution < -0.4 is 16.4 Å². The molecule has 0 aliphatic rings. The van der Waals surface area contributed by atoms with Gasteiger partial charge in [0, 0.05) is 22.3 Å². The van der Waals surface area contributed by atoms with Crippen molar-refractivity contribution in [1.82, 2.24) is 10.6 Å². The van der Waals surface area contributed by atoms with Crippen molar-refractivity contribution in [2.75, 3.05) is 12.3 Å². The topological polar surface area (TPSA) is 84.2 Å². The Morgan fingerprint density at radius 1 is 1.30 bits per heavy atom. The van der Waals surface area contributed by atoms with Crippen molar-refractivity contribution in [3.8, 4) is 0 Å². The molecular weight excluding hydrogens is 322 g/mol. The minimum absolute atomic E-state index is 0.197. The van der Waals surface area contributed by atoms with Gasteiger partial charge in [-0.3, -0.25) is 9.59 Å². The second kappa shape index (κ2) is 7.28. The lowest BCUT2D eigenvalue weighted by Gasteiger charge is -2.15. The van der Waals surface area contributed by atoms with E-state index >= 15 is 0 Å². The maximum atomic E-state index is 12.0. The predicted octanol–water partition coefficient (Wildman–Crippen LogP) is 1.92. The molecule has 1 unspecified atom stereocenters. The minimum Gasteiger partial charge on any atom is -0.398 e. The molecule has 1 atom stereocenters. The zero-order chi connectivity index (χ0) is 15.3. The summed E-state index contributed by atoms with van der Waals surface area (Å²) in [5, 5.41) is 5.42. The zero-order valence-corrected chi connectivity index (χ0v) is 13.5. The summed E-state index contributed by atoms with van der Waals surface area (Å²) < 4.78 is 0.733. The zero-order valence-electron chi connectivity index (χ0n) is 11.9. The van der Waals surface area contributed by atoms with Crippen molar-refractivity contribution in [1.29, 1.82) is 0 Å². The van der Waals surface area contributed by atoms with E-state index in [0.717, 1.165) is 4.47 Å². The molecule has 0 saturated carbocycles. The molecule has 1 aromatic carbocycles. The van der Waals surface area contributed by atoms with E-state index in [1.165, 1.54) is 0 Å². The average Bonchev–Trinajstić information content (AvgIpc) is 2.38. The van der Waals surface area contributed by atoms with Crippen LogP contribution in [0, 0.1) is 5.92 Å². The third-order valence-corrected chi connectivity index (χ3v) is 3.41. The molecule has 110 valence electrons. The fourth-order valence-electron chi connectivity index (χ4n) is 1.49. The van der Waals surface area contributed by atoms with Crippen LogP contribution in [-0.4, -0.2) is 24.4 Å². The van der Waals surface area contributed by atoms with E-state index in [1.54, 1.807) is 25.1 Å². The van der Waals surface area contributed by atoms with Crippen molar-refractivity contribution in [2.24, 2.45) is 5.92 Å². The smallest absolute Gasteiger partial charge is 0.251 e. The van der Waals surface area contributed by atoms with E-state index in [0.29, 0.717) is 23.7 Å². The molecule has 0 aliphatic heterocycles. The second-order valence-corrected chi connectivity index (χ2v) is 5.92. The number of anilines is 1. The molecule has 0 saturated heterocycles. The van der Waals surface area contributed by atoms with Crippen LogP contribution in [0.2, 0.25) is 0 Å². The maximum absolute atomic E-state index is 12.0. The van der Waals surface area contributed by atoms with Gasteiger partial charge < -0.3 is 16.4 Å². The van der Waals surface area contributed by atoms with Crippen LogP contribution in [0.4, 0.5) is 5.69 Å². The molecule has 1 rings (SSSR count). The van der Waals surface area contributed by atoms with Gasteiger partial charge in [-0.05, 0) is 47.0 Å². The molecular formula is C14H20BrN3O2. The van der Waals surface area contributed by atoms with Crippen LogP contribution in [0.3, 0.4) is 0 Å². The lowest BCUT2D eigenvalue weighted by atomic mass is 10.1. The first-order chi connectivity index (χ1) is 9.31. The highest BCUT2D eigenvalue weighted by atomic mass is 79.9. The number of rotatable bonds is 5. The van der Waals surface area contributed by atoms with E-state index in [4.69, 9.17) is 5.73 Å². The summed E-state index contributed by atoms with van der Waals surface area (Å²) in [6.07, 6.45) is 0. The number of carbonyl (C=O) groups is 2. The second-order valence-electron chi connectivity index (χ2n) is 5.07. The molecule has 0 bridgehead atoms. The summed E-state index contributed by atoms with van der Waals surface area (Å²) in [5.74, 6) is -0.151. The Bertz CT molecular complexity index is 503. The summed E-state index contributed by atoms with van der Waals surface area (Å²) in [6, 6.07) is 4.33. The highest BCUT2D eigenvalue weighted by Crippen LogP contribution is 2.20. The Morgan fingerprint density at radius 3 is 2.50 bits per heavy atom. The first kappa shape index (κ1) is 16.5. The maximum Gasteiger partial charge on any atom is 0.251 e. The first-order valence-electron chi connectivity index (χ1n) is 6.45. The van der Waals surface area contributed by atoms with Gasteiger partial charge >= 0.3 is 0 Å². The predicted molar refractivity (Wildman–Crippen MR) is 83.3 cm³/mol. The molecule has 0 spiro atoms. The van der Waals surface area contributed by atoms with Gasteiger partial charge in [0.05, 0.1) is 0 Å². The number of amides is 2. The third kappa shape index (κ3) is 4.85. The lowest BCUT2D eigenvalue weighted by molar-refractivity contribution is -0.122. The van der Waals surface area contributed by atoms with Gasteiger partial charge in [0.25, 0.3) is 5.91 Å². The number of halogens is 1. The normalized spacial score (nSPS) is 12.1. The Morgan fingerprint density at radius 2 is 1.95 bits per heavy atom. The van der Waals surface area contributed by atoms with Crippen molar-refractivity contribution in [3.05, 3.63) is 28.2 Å². The Balaban J connectivity index is 2.60. The SMILES string of the molecule is CC(C)CNC(=O)C(C)NC(=O)c1ccc(Br)c(N)c1. The number of nitrogen functional groups attached to an aromatic ring is 1. The molecule has 0 aliphatic carbocycles. The average molecular weight is 342 g/mol. The molecule has 1 aromatic rings. The summed E-state index contributed by atoms with van der Waals surface area (Å²) >= 11 is 3.27. The van der Waals surface area contributed by atoms with Crippen LogP contribution in [0.25, 0.3) is 0 Å². The monoisotopic (exact) mass is 341 g/mol. The molecule has 4 N–H and O–H groups in total. The van der Waals surface area contributed by atoms with Gasteiger partial charge in [0.2, 0.25) is 5.91 Å². The molecule has 6 heteroatoms. The summed E-state index contributed by atoms with van der Waals surface area (Å²) in [4.78, 5) is 23.8. The van der Waals surface area contributed by atoms with Crippen molar-refractivity contribution >= 4 is 33.4 Å². The van der Waals surface area contributed by atoms with Crippen molar-refractivity contribution < 1.29 is 9.59 Å². The fraction of sp³-hybridized carbons (Fsp3) is 0.429. The quantitative estimate of drug-likeness (QED) is 0.715. The number of nitrogens with two attached hydrogens (primary N) is 1. The minimum atomic E-state index is -0.592. The molecule has 0 heterocycles. The largest absolute Gasteiger partial charge is 0.398 e. The molecule has 0 aromatic heterocycles. The molecule has 5 nitrogen and oxygen atoms in total. The summed E-state index contributed by atoms with van der Waals surface area (Å²) in [5.41, 5.74) is 6.63. The van der Waals surface area contributed by atoms with Gasteiger partial charge in [0.1, 0.15) is 6.04 Å². The Kier molecular flexibility index (Phi) is 6.01. The van der Waals surface area contributed by atoms with Gasteiger partial charge in [-0.2, -0.15) is 0 Å². The van der Waals surface area contributed by atoms with Crippen LogP contribution >= 0.6 is 15.9 Å². The highest BCUT2D eigenvalue weighted by molar-refractivity contribution is 9.10. The van der Waals surface area contributed by atoms with E-state index in [1.807, 2.05) is 13.8 Å². The summed E-state index contributed by atoms with van der Waals surface area (Å²) in [6.45, 7) is 6.25. The van der Waals surface area contributed by atoms with Gasteiger partial charge in [-0.25, -0.2) is 0 Å². The van der Waals surface area contributed by atoms with Gasteiger partial charge in [0.15, 0.2) is 0 Å². The standard InChI is InChI=1S/C14H20BrN3O2/c1-8(2)7-17-13(19)9(3)18-14(20)10-4-5-11(15)12(16)6-10/h4-6,8-9H,7,16H2,1-3H3,(H,17,19)(H,18,20). The lowest BCUT2D eigenvalue weighted by Crippen LogP contribution is -2.45. The number of benzene rings is 1. The number of carbonyl (C=O) groups excluding carboxylic acids is 2. The number of nitrogens with one attached hydrogen (secondary N) is 2. The highest BCUT2D eigenvalue weighted by Gasteiger charge is 2.16. The van der Waals surface area contributed by atoms with Crippen molar-refractivity contribution in [3.63, 3.8) is 0 Å². The number of hydrogen-bond acceptors (Lipinski definition) is 3. The molecule has 20 heavy (non-hydrogen) atoms. The molecule has 0 radical (unpaired) electrons. The van der Waals surface area contributed by atoms with E-state index < -0.39 is 6.04 Å². The van der Waals surface area contributed by atoms with Gasteiger partial charge in [-0.1, -0.05) is 13.8 Å². The van der Waals surface area contributed by atoms with Crippen LogP contribution in [-0.2, 0) is 4.79 Å². The van der Waals surface area contributed by atoms with Crippen LogP contribution in [0.5, 0.6) is 0 Å². The number of hydrogen-bond donors (Lipinski definition) is 3. The fourth-order valence-corrected chi connectivity index (χ4v) is 1.73. The summed E-state index contributed by atoms with van der Waals surface area (Å²) in [7, 11) is 0. The molecule has 2 amide bonds. The Hall–Kier alpha value is -1.56. The van der Waals surface area contributed by atoms with Gasteiger partial charge in [-0.15, -0.1) is 0 Å². The van der Waals surface area contributed by atoms with E-state index in [-0.39, 0.29) is 11.8 Å².